The summed E-state index contributed by atoms with van der Waals surface area (Å²) in [6.45, 7) is 3.67. The minimum absolute atomic E-state index is 0.197. The molecular weight excluding hydrogens is 334 g/mol. The Bertz CT molecular complexity index is 992. The van der Waals surface area contributed by atoms with Gasteiger partial charge in [0, 0.05) is 24.0 Å². The van der Waals surface area contributed by atoms with Crippen LogP contribution >= 0.6 is 0 Å². The first kappa shape index (κ1) is 17.4. The Hall–Kier alpha value is -3.42. The van der Waals surface area contributed by atoms with Crippen LogP contribution in [0.4, 0.5) is 5.69 Å². The molecule has 0 radical (unpaired) electrons. The number of amides is 2. The number of carbonyl (C=O) groups excluding carboxylic acids is 2. The van der Waals surface area contributed by atoms with Gasteiger partial charge in [-0.25, -0.2) is 9.67 Å². The Labute approximate surface area is 150 Å². The molecule has 2 heterocycles. The van der Waals surface area contributed by atoms with E-state index >= 15 is 0 Å². The number of ether oxygens (including phenoxy) is 1. The number of anilines is 1. The van der Waals surface area contributed by atoms with Crippen molar-refractivity contribution >= 4 is 28.5 Å². The number of nitrogens with two attached hydrogens (primary N) is 1. The van der Waals surface area contributed by atoms with E-state index in [1.54, 1.807) is 36.0 Å². The number of aromatic nitrogens is 3. The molecule has 0 aliphatic heterocycles. The summed E-state index contributed by atoms with van der Waals surface area (Å²) in [5, 5.41) is 7.78. The van der Waals surface area contributed by atoms with Gasteiger partial charge in [-0.3, -0.25) is 9.59 Å². The van der Waals surface area contributed by atoms with Crippen LogP contribution < -0.4 is 15.8 Å². The highest BCUT2D eigenvalue weighted by molar-refractivity contribution is 5.95. The maximum atomic E-state index is 12.1. The predicted molar refractivity (Wildman–Crippen MR) is 97.1 cm³/mol. The van der Waals surface area contributed by atoms with E-state index < -0.39 is 5.91 Å². The number of carbonyl (C=O) groups is 2. The molecule has 8 heteroatoms. The van der Waals surface area contributed by atoms with Gasteiger partial charge in [0.2, 0.25) is 11.8 Å². The minimum atomic E-state index is -0.521. The Morgan fingerprint density at radius 3 is 2.58 bits per heavy atom. The maximum Gasteiger partial charge on any atom is 0.262 e. The molecule has 0 unspecified atom stereocenters. The second kappa shape index (κ2) is 6.83. The monoisotopic (exact) mass is 353 g/mol. The zero-order valence-electron chi connectivity index (χ0n) is 14.7. The third kappa shape index (κ3) is 3.49. The van der Waals surface area contributed by atoms with E-state index in [1.807, 2.05) is 19.9 Å². The van der Waals surface area contributed by atoms with E-state index in [4.69, 9.17) is 10.5 Å². The fourth-order valence-corrected chi connectivity index (χ4v) is 2.70. The molecule has 3 rings (SSSR count). The lowest BCUT2D eigenvalue weighted by Gasteiger charge is -2.07. The average Bonchev–Trinajstić information content (AvgIpc) is 2.90. The van der Waals surface area contributed by atoms with Crippen molar-refractivity contribution in [1.82, 2.24) is 14.8 Å². The number of benzene rings is 1. The first-order valence-electron chi connectivity index (χ1n) is 7.98. The standard InChI is InChI=1S/C18H19N5O3/c1-10-8-11(2)20-17-15(10)18(22-23(17)3)26-9-14(24)21-13-6-4-12(5-7-13)16(19)25/h4-8H,9H2,1-3H3,(H2,19,25)(H,21,24). The molecule has 0 spiro atoms. The predicted octanol–water partition coefficient (Wildman–Crippen LogP) is 1.70. The van der Waals surface area contributed by atoms with Crippen LogP contribution in [-0.4, -0.2) is 33.2 Å². The largest absolute Gasteiger partial charge is 0.466 e. The lowest BCUT2D eigenvalue weighted by atomic mass is 10.2. The molecule has 3 aromatic rings. The Balaban J connectivity index is 1.70. The van der Waals surface area contributed by atoms with E-state index in [9.17, 15) is 9.59 Å². The number of pyridine rings is 1. The molecular formula is C18H19N5O3. The molecule has 0 saturated carbocycles. The van der Waals surface area contributed by atoms with E-state index in [0.717, 1.165) is 16.6 Å². The van der Waals surface area contributed by atoms with E-state index in [2.05, 4.69) is 15.4 Å². The Kier molecular flexibility index (Phi) is 4.57. The summed E-state index contributed by atoms with van der Waals surface area (Å²) in [5.74, 6) is -0.493. The van der Waals surface area contributed by atoms with Crippen LogP contribution in [-0.2, 0) is 11.8 Å². The summed E-state index contributed by atoms with van der Waals surface area (Å²) in [6.07, 6.45) is 0. The van der Waals surface area contributed by atoms with Gasteiger partial charge in [0.1, 0.15) is 0 Å². The van der Waals surface area contributed by atoms with Crippen LogP contribution in [0.2, 0.25) is 0 Å². The van der Waals surface area contributed by atoms with Crippen molar-refractivity contribution in [2.45, 2.75) is 13.8 Å². The number of hydrogen-bond acceptors (Lipinski definition) is 5. The lowest BCUT2D eigenvalue weighted by Crippen LogP contribution is -2.20. The van der Waals surface area contributed by atoms with E-state index in [-0.39, 0.29) is 12.5 Å². The fraction of sp³-hybridized carbons (Fsp3) is 0.222. The second-order valence-electron chi connectivity index (χ2n) is 5.99. The third-order valence-corrected chi connectivity index (χ3v) is 3.88. The molecule has 26 heavy (non-hydrogen) atoms. The average molecular weight is 353 g/mol. The summed E-state index contributed by atoms with van der Waals surface area (Å²) in [7, 11) is 1.78. The molecule has 0 fully saturated rings. The second-order valence-corrected chi connectivity index (χ2v) is 5.99. The van der Waals surface area contributed by atoms with Crippen molar-refractivity contribution in [3.05, 3.63) is 47.2 Å². The van der Waals surface area contributed by atoms with Crippen LogP contribution in [0.3, 0.4) is 0 Å². The number of nitrogens with zero attached hydrogens (tertiary/aromatic N) is 3. The quantitative estimate of drug-likeness (QED) is 0.725. The highest BCUT2D eigenvalue weighted by atomic mass is 16.5. The van der Waals surface area contributed by atoms with Gasteiger partial charge >= 0.3 is 0 Å². The minimum Gasteiger partial charge on any atom is -0.466 e. The van der Waals surface area contributed by atoms with Crippen molar-refractivity contribution in [2.24, 2.45) is 12.8 Å². The molecule has 2 aromatic heterocycles. The van der Waals surface area contributed by atoms with E-state index in [1.165, 1.54) is 0 Å². The molecule has 3 N–H and O–H groups in total. The van der Waals surface area contributed by atoms with Crippen LogP contribution in [0.5, 0.6) is 5.88 Å². The van der Waals surface area contributed by atoms with Gasteiger partial charge in [-0.1, -0.05) is 0 Å². The van der Waals surface area contributed by atoms with Gasteiger partial charge in [0.05, 0.1) is 5.39 Å². The zero-order valence-corrected chi connectivity index (χ0v) is 14.7. The number of nitrogens with one attached hydrogen (secondary N) is 1. The first-order valence-corrected chi connectivity index (χ1v) is 7.98. The normalized spacial score (nSPS) is 10.7. The number of primary amides is 1. The number of rotatable bonds is 5. The van der Waals surface area contributed by atoms with Crippen LogP contribution in [0, 0.1) is 13.8 Å². The molecule has 0 aliphatic rings. The molecule has 1 aromatic carbocycles. The SMILES string of the molecule is Cc1cc(C)c2c(OCC(=O)Nc3ccc(C(N)=O)cc3)nn(C)c2n1. The smallest absolute Gasteiger partial charge is 0.262 e. The van der Waals surface area contributed by atoms with Gasteiger partial charge in [0.15, 0.2) is 12.3 Å². The molecule has 0 aliphatic carbocycles. The van der Waals surface area contributed by atoms with E-state index in [0.29, 0.717) is 22.8 Å². The molecule has 8 nitrogen and oxygen atoms in total. The highest BCUT2D eigenvalue weighted by Crippen LogP contribution is 2.27. The number of fused-ring (bicyclic) bond motifs is 1. The highest BCUT2D eigenvalue weighted by Gasteiger charge is 2.15. The molecule has 2 amide bonds. The summed E-state index contributed by atoms with van der Waals surface area (Å²) < 4.78 is 7.23. The van der Waals surface area contributed by atoms with Crippen LogP contribution in [0.1, 0.15) is 21.6 Å². The van der Waals surface area contributed by atoms with Crippen molar-refractivity contribution in [3.63, 3.8) is 0 Å². The van der Waals surface area contributed by atoms with Gasteiger partial charge in [-0.05, 0) is 49.7 Å². The van der Waals surface area contributed by atoms with Crippen LogP contribution in [0.15, 0.2) is 30.3 Å². The number of hydrogen-bond donors (Lipinski definition) is 2. The topological polar surface area (TPSA) is 112 Å². The van der Waals surface area contributed by atoms with Gasteiger partial charge in [-0.2, -0.15) is 0 Å². The van der Waals surface area contributed by atoms with Crippen LogP contribution in [0.25, 0.3) is 11.0 Å². The maximum absolute atomic E-state index is 12.1. The van der Waals surface area contributed by atoms with Gasteiger partial charge in [-0.15, -0.1) is 5.10 Å². The van der Waals surface area contributed by atoms with Crippen molar-refractivity contribution < 1.29 is 14.3 Å². The van der Waals surface area contributed by atoms with Gasteiger partial charge < -0.3 is 15.8 Å². The number of aryl methyl sites for hydroxylation is 3. The molecule has 134 valence electrons. The molecule has 0 saturated heterocycles. The van der Waals surface area contributed by atoms with Gasteiger partial charge in [0.25, 0.3) is 5.91 Å². The Morgan fingerprint density at radius 2 is 1.92 bits per heavy atom. The summed E-state index contributed by atoms with van der Waals surface area (Å²) in [6, 6.07) is 8.23. The summed E-state index contributed by atoms with van der Waals surface area (Å²) in [4.78, 5) is 27.6. The summed E-state index contributed by atoms with van der Waals surface area (Å²) >= 11 is 0. The fourth-order valence-electron chi connectivity index (χ4n) is 2.70. The lowest BCUT2D eigenvalue weighted by molar-refractivity contribution is -0.118. The zero-order chi connectivity index (χ0) is 18.8. The third-order valence-electron chi connectivity index (χ3n) is 3.88. The molecule has 0 atom stereocenters. The summed E-state index contributed by atoms with van der Waals surface area (Å²) in [5.41, 5.74) is 8.69. The van der Waals surface area contributed by atoms with Crippen molar-refractivity contribution in [1.29, 1.82) is 0 Å². The molecule has 0 bridgehead atoms. The Morgan fingerprint density at radius 1 is 1.23 bits per heavy atom. The van der Waals surface area contributed by atoms with Crippen molar-refractivity contribution in [3.8, 4) is 5.88 Å². The first-order chi connectivity index (χ1) is 12.3. The van der Waals surface area contributed by atoms with Crippen molar-refractivity contribution in [2.75, 3.05) is 11.9 Å².